The summed E-state index contributed by atoms with van der Waals surface area (Å²) in [5, 5.41) is 2.79. The third-order valence-corrected chi connectivity index (χ3v) is 0.918. The molecule has 0 aliphatic rings. The van der Waals surface area contributed by atoms with Crippen molar-refractivity contribution in [1.82, 2.24) is 5.16 Å². The van der Waals surface area contributed by atoms with Crippen molar-refractivity contribution in [2.24, 2.45) is 0 Å². The van der Waals surface area contributed by atoms with Gasteiger partial charge in [0, 0.05) is 6.07 Å². The van der Waals surface area contributed by atoms with Crippen molar-refractivity contribution >= 4 is 0 Å². The van der Waals surface area contributed by atoms with Crippen LogP contribution in [0.1, 0.15) is 25.3 Å². The zero-order chi connectivity index (χ0) is 9.78. The Kier molecular flexibility index (Phi) is 3.79. The first-order valence-corrected chi connectivity index (χ1v) is 3.50. The van der Waals surface area contributed by atoms with E-state index in [0.29, 0.717) is 0 Å². The van der Waals surface area contributed by atoms with Gasteiger partial charge in [-0.2, -0.15) is 13.2 Å². The van der Waals surface area contributed by atoms with Crippen LogP contribution in [0.5, 0.6) is 0 Å². The minimum atomic E-state index is -4.39. The van der Waals surface area contributed by atoms with Crippen molar-refractivity contribution in [2.45, 2.75) is 26.9 Å². The van der Waals surface area contributed by atoms with Crippen LogP contribution in [-0.2, 0) is 6.18 Å². The van der Waals surface area contributed by atoms with Crippen LogP contribution in [0.2, 0.25) is 0 Å². The van der Waals surface area contributed by atoms with Gasteiger partial charge in [0.15, 0.2) is 5.69 Å². The molecule has 0 saturated heterocycles. The lowest BCUT2D eigenvalue weighted by Crippen LogP contribution is -2.04. The number of hydrogen-bond donors (Lipinski definition) is 0. The molecule has 2 nitrogen and oxygen atoms in total. The van der Waals surface area contributed by atoms with E-state index >= 15 is 0 Å². The van der Waals surface area contributed by atoms with Gasteiger partial charge in [-0.05, 0) is 6.92 Å². The van der Waals surface area contributed by atoms with Crippen molar-refractivity contribution in [3.8, 4) is 0 Å². The summed E-state index contributed by atoms with van der Waals surface area (Å²) in [6.45, 7) is 5.40. The molecule has 1 heterocycles. The number of nitrogens with zero attached hydrogens (tertiary/aromatic N) is 1. The van der Waals surface area contributed by atoms with Crippen LogP contribution < -0.4 is 0 Å². The van der Waals surface area contributed by atoms with Gasteiger partial charge < -0.3 is 4.52 Å². The first kappa shape index (κ1) is 11.0. The Morgan fingerprint density at radius 2 is 1.83 bits per heavy atom. The molecule has 0 fully saturated rings. The molecule has 0 bridgehead atoms. The third-order valence-electron chi connectivity index (χ3n) is 0.918. The van der Waals surface area contributed by atoms with E-state index in [2.05, 4.69) is 9.68 Å². The average molecular weight is 181 g/mol. The maximum absolute atomic E-state index is 11.7. The highest BCUT2D eigenvalue weighted by Crippen LogP contribution is 2.27. The van der Waals surface area contributed by atoms with Crippen molar-refractivity contribution in [2.75, 3.05) is 0 Å². The van der Waals surface area contributed by atoms with E-state index in [1.54, 1.807) is 0 Å². The normalized spacial score (nSPS) is 10.5. The Bertz CT molecular complexity index is 229. The number of aryl methyl sites for hydroxylation is 1. The summed E-state index contributed by atoms with van der Waals surface area (Å²) in [7, 11) is 0. The average Bonchev–Trinajstić information content (AvgIpc) is 2.39. The van der Waals surface area contributed by atoms with E-state index in [1.807, 2.05) is 13.8 Å². The zero-order valence-electron chi connectivity index (χ0n) is 7.07. The van der Waals surface area contributed by atoms with Gasteiger partial charge in [0.25, 0.3) is 0 Å². The molecule has 0 amide bonds. The number of aromatic nitrogens is 1. The van der Waals surface area contributed by atoms with Crippen molar-refractivity contribution in [3.63, 3.8) is 0 Å². The van der Waals surface area contributed by atoms with Gasteiger partial charge >= 0.3 is 6.18 Å². The Morgan fingerprint density at radius 3 is 2.00 bits per heavy atom. The van der Waals surface area contributed by atoms with E-state index in [0.717, 1.165) is 6.07 Å². The highest BCUT2D eigenvalue weighted by Gasteiger charge is 2.34. The van der Waals surface area contributed by atoms with Gasteiger partial charge in [0.1, 0.15) is 5.76 Å². The SMILES string of the molecule is CC.Cc1cc(C(F)(F)F)no1. The van der Waals surface area contributed by atoms with Gasteiger partial charge in [0.05, 0.1) is 0 Å². The predicted octanol–water partition coefficient (Wildman–Crippen LogP) is 3.03. The summed E-state index contributed by atoms with van der Waals surface area (Å²) in [5.74, 6) is 0.160. The summed E-state index contributed by atoms with van der Waals surface area (Å²) in [6.07, 6.45) is -4.39. The van der Waals surface area contributed by atoms with Crippen LogP contribution in [-0.4, -0.2) is 5.16 Å². The molecular formula is C7H10F3NO. The molecule has 1 aromatic heterocycles. The smallest absolute Gasteiger partial charge is 0.361 e. The molecule has 0 saturated carbocycles. The van der Waals surface area contributed by atoms with Gasteiger partial charge in [-0.15, -0.1) is 0 Å². The molecule has 0 unspecified atom stereocenters. The molecule has 12 heavy (non-hydrogen) atoms. The summed E-state index contributed by atoms with van der Waals surface area (Å²) < 4.78 is 39.3. The standard InChI is InChI=1S/C5H4F3NO.C2H6/c1-3-2-4(9-10-3)5(6,7)8;1-2/h2H,1H3;1-2H3. The van der Waals surface area contributed by atoms with E-state index < -0.39 is 11.9 Å². The van der Waals surface area contributed by atoms with Crippen LogP contribution >= 0.6 is 0 Å². The fourth-order valence-corrected chi connectivity index (χ4v) is 0.500. The largest absolute Gasteiger partial charge is 0.436 e. The van der Waals surface area contributed by atoms with E-state index in [9.17, 15) is 13.2 Å². The van der Waals surface area contributed by atoms with Crippen LogP contribution in [0.25, 0.3) is 0 Å². The second kappa shape index (κ2) is 4.13. The Balaban J connectivity index is 0.000000561. The maximum Gasteiger partial charge on any atom is 0.436 e. The van der Waals surface area contributed by atoms with Gasteiger partial charge in [-0.1, -0.05) is 19.0 Å². The quantitative estimate of drug-likeness (QED) is 0.614. The summed E-state index contributed by atoms with van der Waals surface area (Å²) in [5.41, 5.74) is -0.981. The van der Waals surface area contributed by atoms with E-state index in [1.165, 1.54) is 6.92 Å². The number of hydrogen-bond acceptors (Lipinski definition) is 2. The molecule has 0 aliphatic carbocycles. The fraction of sp³-hybridized carbons (Fsp3) is 0.571. The van der Waals surface area contributed by atoms with Crippen molar-refractivity contribution < 1.29 is 17.7 Å². The Morgan fingerprint density at radius 1 is 1.33 bits per heavy atom. The van der Waals surface area contributed by atoms with Gasteiger partial charge in [0.2, 0.25) is 0 Å². The van der Waals surface area contributed by atoms with E-state index in [-0.39, 0.29) is 5.76 Å². The number of rotatable bonds is 0. The molecule has 0 N–H and O–H groups in total. The lowest BCUT2D eigenvalue weighted by atomic mass is 10.4. The topological polar surface area (TPSA) is 26.0 Å². The van der Waals surface area contributed by atoms with E-state index in [4.69, 9.17) is 0 Å². The molecule has 0 spiro atoms. The fourth-order valence-electron chi connectivity index (χ4n) is 0.500. The maximum atomic E-state index is 11.7. The molecule has 5 heteroatoms. The van der Waals surface area contributed by atoms with Crippen LogP contribution in [0.15, 0.2) is 10.6 Å². The molecule has 0 aromatic carbocycles. The van der Waals surface area contributed by atoms with Crippen LogP contribution in [0.4, 0.5) is 13.2 Å². The molecule has 0 radical (unpaired) electrons. The lowest BCUT2D eigenvalue weighted by Gasteiger charge is -1.97. The summed E-state index contributed by atoms with van der Waals surface area (Å²) in [6, 6.07) is 0.847. The third kappa shape index (κ3) is 2.94. The first-order valence-electron chi connectivity index (χ1n) is 3.50. The Hall–Kier alpha value is -1.00. The zero-order valence-corrected chi connectivity index (χ0v) is 7.07. The summed E-state index contributed by atoms with van der Waals surface area (Å²) >= 11 is 0. The summed E-state index contributed by atoms with van der Waals surface area (Å²) in [4.78, 5) is 0. The second-order valence-corrected chi connectivity index (χ2v) is 1.82. The number of alkyl halides is 3. The Labute approximate surface area is 68.4 Å². The van der Waals surface area contributed by atoms with Crippen molar-refractivity contribution in [1.29, 1.82) is 0 Å². The number of halogens is 3. The molecule has 0 aliphatic heterocycles. The monoisotopic (exact) mass is 181 g/mol. The van der Waals surface area contributed by atoms with Gasteiger partial charge in [-0.25, -0.2) is 0 Å². The molecule has 0 atom stereocenters. The van der Waals surface area contributed by atoms with Crippen LogP contribution in [0.3, 0.4) is 0 Å². The lowest BCUT2D eigenvalue weighted by molar-refractivity contribution is -0.142. The van der Waals surface area contributed by atoms with Crippen LogP contribution in [0, 0.1) is 6.92 Å². The highest BCUT2D eigenvalue weighted by molar-refractivity contribution is 5.06. The predicted molar refractivity (Wildman–Crippen MR) is 37.6 cm³/mol. The molecular weight excluding hydrogens is 171 g/mol. The highest BCUT2D eigenvalue weighted by atomic mass is 19.4. The molecule has 1 aromatic rings. The first-order chi connectivity index (χ1) is 5.50. The molecule has 70 valence electrons. The molecule has 1 rings (SSSR count). The minimum absolute atomic E-state index is 0.160. The van der Waals surface area contributed by atoms with Gasteiger partial charge in [-0.3, -0.25) is 0 Å². The second-order valence-electron chi connectivity index (χ2n) is 1.82. The van der Waals surface area contributed by atoms with Crippen molar-refractivity contribution in [3.05, 3.63) is 17.5 Å². The minimum Gasteiger partial charge on any atom is -0.361 e.